The van der Waals surface area contributed by atoms with Crippen LogP contribution in [0.5, 0.6) is 0 Å². The van der Waals surface area contributed by atoms with Crippen molar-refractivity contribution in [1.29, 1.82) is 0 Å². The molecule has 0 N–H and O–H groups in total. The molecule has 0 spiro atoms. The molecule has 0 radical (unpaired) electrons. The Hall–Kier alpha value is -2.94. The van der Waals surface area contributed by atoms with Crippen LogP contribution >= 0.6 is 11.3 Å². The van der Waals surface area contributed by atoms with Gasteiger partial charge in [-0.25, -0.2) is 4.98 Å². The topological polar surface area (TPSA) is 48.8 Å². The third-order valence-corrected chi connectivity index (χ3v) is 8.51. The summed E-state index contributed by atoms with van der Waals surface area (Å²) >= 11 is 1.33. The number of nitrogens with zero attached hydrogens (tertiary/aromatic N) is 4. The zero-order valence-corrected chi connectivity index (χ0v) is 22.0. The van der Waals surface area contributed by atoms with E-state index in [1.54, 1.807) is 6.92 Å². The normalized spacial score (nSPS) is 16.2. The number of carbonyl (C=O) groups is 1. The number of hydrogen-bond acceptors (Lipinski definition) is 5. The first-order valence-corrected chi connectivity index (χ1v) is 13.6. The van der Waals surface area contributed by atoms with Crippen molar-refractivity contribution in [3.63, 3.8) is 0 Å². The largest absolute Gasteiger partial charge is 0.416 e. The van der Waals surface area contributed by atoms with Gasteiger partial charge in [-0.15, -0.1) is 0 Å². The summed E-state index contributed by atoms with van der Waals surface area (Å²) in [4.78, 5) is 24.8. The molecule has 3 aromatic rings. The van der Waals surface area contributed by atoms with Crippen LogP contribution in [0.1, 0.15) is 48.4 Å². The zero-order chi connectivity index (χ0) is 26.2. The van der Waals surface area contributed by atoms with Gasteiger partial charge in [-0.2, -0.15) is 13.2 Å². The van der Waals surface area contributed by atoms with E-state index in [0.29, 0.717) is 16.1 Å². The Morgan fingerprint density at radius 3 is 2.54 bits per heavy atom. The van der Waals surface area contributed by atoms with E-state index in [1.165, 1.54) is 40.2 Å². The van der Waals surface area contributed by atoms with Gasteiger partial charge in [-0.1, -0.05) is 29.5 Å². The maximum Gasteiger partial charge on any atom is 0.416 e. The molecule has 2 aromatic carbocycles. The molecular formula is C28H31F3N4OS. The van der Waals surface area contributed by atoms with Crippen LogP contribution in [-0.2, 0) is 17.4 Å². The van der Waals surface area contributed by atoms with Crippen molar-refractivity contribution in [1.82, 2.24) is 9.88 Å². The number of thiazole rings is 1. The molecule has 0 bridgehead atoms. The number of benzene rings is 2. The molecule has 1 fully saturated rings. The molecular weight excluding hydrogens is 497 g/mol. The quantitative estimate of drug-likeness (QED) is 0.354. The number of fused-ring (bicyclic) bond motifs is 1. The minimum Gasteiger partial charge on any atom is -0.348 e. The molecule has 0 saturated carbocycles. The predicted octanol–water partition coefficient (Wildman–Crippen LogP) is 6.12. The van der Waals surface area contributed by atoms with Gasteiger partial charge in [-0.05, 0) is 67.9 Å². The third kappa shape index (κ3) is 6.14. The van der Waals surface area contributed by atoms with E-state index in [9.17, 15) is 18.0 Å². The van der Waals surface area contributed by atoms with Crippen molar-refractivity contribution in [3.05, 3.63) is 58.7 Å². The standard InChI is InChI=1S/C28H31F3N4OS/c1-18-15-21(3-5-23(18)25-17-32-25)10-14-35(13-9-20-7-11-34(12-8-20)19(2)36)27-33-24-6-4-22(28(29,30)31)16-26(24)37-27/h3-6,15-16,20H,7-14,17H2,1-2H3. The molecule has 0 atom stereocenters. The molecule has 5 nitrogen and oxygen atoms in total. The smallest absolute Gasteiger partial charge is 0.348 e. The van der Waals surface area contributed by atoms with Crippen molar-refractivity contribution in [2.75, 3.05) is 37.6 Å². The zero-order valence-electron chi connectivity index (χ0n) is 21.1. The van der Waals surface area contributed by atoms with Gasteiger partial charge >= 0.3 is 6.18 Å². The lowest BCUT2D eigenvalue weighted by Crippen LogP contribution is -2.38. The van der Waals surface area contributed by atoms with E-state index in [1.807, 2.05) is 4.90 Å². The summed E-state index contributed by atoms with van der Waals surface area (Å²) in [5.74, 6) is 0.646. The van der Waals surface area contributed by atoms with Gasteiger partial charge in [-0.3, -0.25) is 9.79 Å². The van der Waals surface area contributed by atoms with Crippen LogP contribution in [0.4, 0.5) is 18.3 Å². The van der Waals surface area contributed by atoms with E-state index in [2.05, 4.69) is 35.0 Å². The lowest BCUT2D eigenvalue weighted by atomic mass is 9.93. The summed E-state index contributed by atoms with van der Waals surface area (Å²) in [5, 5.41) is 0.760. The number of likely N-dealkylation sites (tertiary alicyclic amines) is 1. The number of halogens is 3. The number of aromatic nitrogens is 1. The van der Waals surface area contributed by atoms with Crippen LogP contribution in [0.15, 0.2) is 41.4 Å². The molecule has 2 aliphatic heterocycles. The molecule has 0 unspecified atom stereocenters. The first-order valence-electron chi connectivity index (χ1n) is 12.8. The number of carbonyl (C=O) groups excluding carboxylic acids is 1. The lowest BCUT2D eigenvalue weighted by molar-refractivity contribution is -0.137. The van der Waals surface area contributed by atoms with Gasteiger partial charge in [0.2, 0.25) is 5.91 Å². The second kappa shape index (κ2) is 10.4. The highest BCUT2D eigenvalue weighted by Gasteiger charge is 2.31. The summed E-state index contributed by atoms with van der Waals surface area (Å²) in [7, 11) is 0. The molecule has 37 heavy (non-hydrogen) atoms. The Labute approximate surface area is 219 Å². The monoisotopic (exact) mass is 528 g/mol. The Balaban J connectivity index is 1.32. The lowest BCUT2D eigenvalue weighted by Gasteiger charge is -2.32. The number of hydrogen-bond donors (Lipinski definition) is 0. The van der Waals surface area contributed by atoms with Crippen LogP contribution in [-0.4, -0.2) is 54.2 Å². The Morgan fingerprint density at radius 2 is 1.89 bits per heavy atom. The van der Waals surface area contributed by atoms with Gasteiger partial charge < -0.3 is 9.80 Å². The average Bonchev–Trinajstić information content (AvgIpc) is 3.61. The molecule has 196 valence electrons. The number of rotatable bonds is 8. The second-order valence-electron chi connectivity index (χ2n) is 10.1. The minimum atomic E-state index is -4.37. The van der Waals surface area contributed by atoms with Crippen molar-refractivity contribution in [2.45, 2.75) is 45.7 Å². The average molecular weight is 529 g/mol. The fourth-order valence-corrected chi connectivity index (χ4v) is 6.14. The molecule has 1 aromatic heterocycles. The summed E-state index contributed by atoms with van der Waals surface area (Å²) < 4.78 is 40.3. The Bertz CT molecular complexity index is 1320. The highest BCUT2D eigenvalue weighted by Crippen LogP contribution is 2.36. The van der Waals surface area contributed by atoms with Crippen LogP contribution in [0.25, 0.3) is 10.2 Å². The number of piperidine rings is 1. The van der Waals surface area contributed by atoms with Gasteiger partial charge in [0.25, 0.3) is 0 Å². The van der Waals surface area contributed by atoms with Crippen LogP contribution in [0.3, 0.4) is 0 Å². The fraction of sp³-hybridized carbons (Fsp3) is 0.464. The van der Waals surface area contributed by atoms with Crippen LogP contribution in [0.2, 0.25) is 0 Å². The number of aliphatic imine (C=N–C) groups is 1. The first-order chi connectivity index (χ1) is 17.7. The number of alkyl halides is 3. The van der Waals surface area contributed by atoms with E-state index in [-0.39, 0.29) is 5.91 Å². The summed E-state index contributed by atoms with van der Waals surface area (Å²) in [5.41, 5.74) is 4.77. The third-order valence-electron chi connectivity index (χ3n) is 7.43. The summed E-state index contributed by atoms with van der Waals surface area (Å²) in [6.07, 6.45) is -0.629. The SMILES string of the molecule is CC(=O)N1CCC(CCN(CCc2ccc(C3=NC3)c(C)c2)c2nc3ccc(C(F)(F)F)cc3s2)CC1. The van der Waals surface area contributed by atoms with Crippen molar-refractivity contribution in [3.8, 4) is 0 Å². The number of anilines is 1. The molecule has 0 aliphatic carbocycles. The fourth-order valence-electron chi connectivity index (χ4n) is 5.08. The van der Waals surface area contributed by atoms with Gasteiger partial charge in [0.05, 0.1) is 28.0 Å². The summed E-state index contributed by atoms with van der Waals surface area (Å²) in [6.45, 7) is 7.65. The van der Waals surface area contributed by atoms with Gasteiger partial charge in [0.15, 0.2) is 5.13 Å². The van der Waals surface area contributed by atoms with E-state index >= 15 is 0 Å². The minimum absolute atomic E-state index is 0.128. The van der Waals surface area contributed by atoms with E-state index < -0.39 is 11.7 Å². The van der Waals surface area contributed by atoms with Crippen molar-refractivity contribution < 1.29 is 18.0 Å². The van der Waals surface area contributed by atoms with Crippen molar-refractivity contribution in [2.24, 2.45) is 10.9 Å². The number of aryl methyl sites for hydroxylation is 1. The summed E-state index contributed by atoms with van der Waals surface area (Å²) in [6, 6.07) is 10.3. The molecule has 5 rings (SSSR count). The molecule has 3 heterocycles. The maximum atomic E-state index is 13.3. The first kappa shape index (κ1) is 25.7. The molecule has 1 amide bonds. The number of amides is 1. The van der Waals surface area contributed by atoms with Crippen molar-refractivity contribution >= 4 is 38.3 Å². The van der Waals surface area contributed by atoms with E-state index in [4.69, 9.17) is 4.98 Å². The van der Waals surface area contributed by atoms with Gasteiger partial charge in [0, 0.05) is 38.7 Å². The highest BCUT2D eigenvalue weighted by molar-refractivity contribution is 7.22. The molecule has 2 aliphatic rings. The second-order valence-corrected chi connectivity index (χ2v) is 11.1. The highest BCUT2D eigenvalue weighted by atomic mass is 32.1. The van der Waals surface area contributed by atoms with Crippen LogP contribution in [0, 0.1) is 12.8 Å². The maximum absolute atomic E-state index is 13.3. The van der Waals surface area contributed by atoms with Crippen LogP contribution < -0.4 is 4.90 Å². The Kier molecular flexibility index (Phi) is 7.25. The Morgan fingerprint density at radius 1 is 1.14 bits per heavy atom. The van der Waals surface area contributed by atoms with Gasteiger partial charge in [0.1, 0.15) is 0 Å². The van der Waals surface area contributed by atoms with E-state index in [0.717, 1.165) is 75.3 Å². The molecule has 9 heteroatoms. The molecule has 1 saturated heterocycles. The predicted molar refractivity (Wildman–Crippen MR) is 143 cm³/mol.